The van der Waals surface area contributed by atoms with Crippen LogP contribution in [0, 0.1) is 18.2 Å². The molecule has 2 aromatic rings. The van der Waals surface area contributed by atoms with Crippen LogP contribution >= 0.6 is 11.6 Å². The molecule has 36 heavy (non-hydrogen) atoms. The third-order valence-electron chi connectivity index (χ3n) is 8.38. The summed E-state index contributed by atoms with van der Waals surface area (Å²) < 4.78 is 19.2. The Morgan fingerprint density at radius 3 is 2.22 bits per heavy atom. The summed E-state index contributed by atoms with van der Waals surface area (Å²) in [5.41, 5.74) is 1.10. The number of nitrogens with zero attached hydrogens (tertiary/aromatic N) is 2. The number of carbonyl (C=O) groups excluding carboxylic acids is 2. The molecule has 2 aromatic carbocycles. The first-order chi connectivity index (χ1) is 17.3. The summed E-state index contributed by atoms with van der Waals surface area (Å²) in [5, 5.41) is 3.91. The third kappa shape index (κ3) is 5.03. The molecule has 1 heterocycles. The van der Waals surface area contributed by atoms with Crippen molar-refractivity contribution in [2.75, 3.05) is 37.7 Å². The van der Waals surface area contributed by atoms with Gasteiger partial charge in [-0.2, -0.15) is 0 Å². The molecule has 3 aliphatic carbocycles. The SMILES string of the molecule is Cc1ccc(OCC(=O)NC23CCC(C(=O)N4CCN(c5ccc(Cl)cc5)CC4)(CC2)CC3)cc1F. The Morgan fingerprint density at radius 1 is 0.972 bits per heavy atom. The number of hydrogen-bond donors (Lipinski definition) is 1. The number of ether oxygens (including phenoxy) is 1. The number of halogens is 2. The number of nitrogens with one attached hydrogen (secondary N) is 1. The van der Waals surface area contributed by atoms with E-state index < -0.39 is 0 Å². The van der Waals surface area contributed by atoms with E-state index in [1.54, 1.807) is 19.1 Å². The van der Waals surface area contributed by atoms with Crippen molar-refractivity contribution in [1.29, 1.82) is 0 Å². The van der Waals surface area contributed by atoms with Gasteiger partial charge in [0.2, 0.25) is 5.91 Å². The molecule has 6 nitrogen and oxygen atoms in total. The second-order valence-electron chi connectivity index (χ2n) is 10.6. The van der Waals surface area contributed by atoms with Crippen LogP contribution in [0.2, 0.25) is 5.02 Å². The van der Waals surface area contributed by atoms with Crippen molar-refractivity contribution >= 4 is 29.1 Å². The molecule has 2 bridgehead atoms. The zero-order valence-electron chi connectivity index (χ0n) is 20.7. The van der Waals surface area contributed by atoms with Crippen LogP contribution in [0.3, 0.4) is 0 Å². The summed E-state index contributed by atoms with van der Waals surface area (Å²) >= 11 is 6.01. The number of anilines is 1. The van der Waals surface area contributed by atoms with Gasteiger partial charge in [0, 0.05) is 53.9 Å². The molecule has 2 amide bonds. The molecular weight excluding hydrogens is 481 g/mol. The standard InChI is InChI=1S/C28H33ClFN3O3/c1-20-2-7-23(18-24(20)30)36-19-25(34)31-28-11-8-27(9-12-28,10-13-28)26(35)33-16-14-32(15-17-33)22-5-3-21(29)4-6-22/h2-7,18H,8-17,19H2,1H3,(H,31,34). The van der Waals surface area contributed by atoms with Crippen LogP contribution in [0.25, 0.3) is 0 Å². The van der Waals surface area contributed by atoms with E-state index in [-0.39, 0.29) is 35.2 Å². The quantitative estimate of drug-likeness (QED) is 0.607. The van der Waals surface area contributed by atoms with Crippen molar-refractivity contribution in [2.45, 2.75) is 51.0 Å². The van der Waals surface area contributed by atoms with Crippen molar-refractivity contribution in [2.24, 2.45) is 5.41 Å². The molecule has 4 aliphatic rings. The highest BCUT2D eigenvalue weighted by atomic mass is 35.5. The van der Waals surface area contributed by atoms with Gasteiger partial charge in [-0.15, -0.1) is 0 Å². The monoisotopic (exact) mass is 513 g/mol. The zero-order valence-corrected chi connectivity index (χ0v) is 21.5. The minimum Gasteiger partial charge on any atom is -0.484 e. The van der Waals surface area contributed by atoms with E-state index in [0.717, 1.165) is 75.4 Å². The normalized spacial score (nSPS) is 25.5. The first-order valence-corrected chi connectivity index (χ1v) is 13.2. The molecule has 0 radical (unpaired) electrons. The maximum Gasteiger partial charge on any atom is 0.258 e. The number of benzene rings is 2. The zero-order chi connectivity index (χ0) is 25.3. The van der Waals surface area contributed by atoms with Crippen LogP contribution in [-0.2, 0) is 9.59 Å². The molecule has 1 saturated heterocycles. The van der Waals surface area contributed by atoms with E-state index >= 15 is 0 Å². The van der Waals surface area contributed by atoms with Gasteiger partial charge in [0.25, 0.3) is 5.91 Å². The number of aryl methyl sites for hydroxylation is 1. The molecule has 0 aromatic heterocycles. The fourth-order valence-electron chi connectivity index (χ4n) is 5.99. The van der Waals surface area contributed by atoms with Gasteiger partial charge in [0.15, 0.2) is 6.61 Å². The molecule has 4 fully saturated rings. The second kappa shape index (κ2) is 9.92. The lowest BCUT2D eigenvalue weighted by molar-refractivity contribution is -0.150. The van der Waals surface area contributed by atoms with E-state index in [9.17, 15) is 14.0 Å². The Morgan fingerprint density at radius 2 is 1.61 bits per heavy atom. The van der Waals surface area contributed by atoms with Crippen LogP contribution in [-0.4, -0.2) is 55.0 Å². The molecule has 6 rings (SSSR count). The highest BCUT2D eigenvalue weighted by Gasteiger charge is 2.54. The van der Waals surface area contributed by atoms with Crippen molar-refractivity contribution in [3.05, 3.63) is 58.9 Å². The number of carbonyl (C=O) groups is 2. The van der Waals surface area contributed by atoms with Gasteiger partial charge in [-0.3, -0.25) is 9.59 Å². The van der Waals surface area contributed by atoms with E-state index in [2.05, 4.69) is 10.2 Å². The lowest BCUT2D eigenvalue weighted by Crippen LogP contribution is -2.62. The maximum atomic E-state index is 13.7. The van der Waals surface area contributed by atoms with Gasteiger partial charge < -0.3 is 19.9 Å². The molecule has 192 valence electrons. The minimum absolute atomic E-state index is 0.147. The lowest BCUT2D eigenvalue weighted by atomic mass is 9.56. The Balaban J connectivity index is 1.11. The maximum absolute atomic E-state index is 13.7. The summed E-state index contributed by atoms with van der Waals surface area (Å²) in [4.78, 5) is 30.6. The van der Waals surface area contributed by atoms with Gasteiger partial charge >= 0.3 is 0 Å². The van der Waals surface area contributed by atoms with Crippen molar-refractivity contribution in [3.8, 4) is 5.75 Å². The van der Waals surface area contributed by atoms with Gasteiger partial charge in [0.1, 0.15) is 11.6 Å². The predicted molar refractivity (Wildman–Crippen MR) is 138 cm³/mol. The van der Waals surface area contributed by atoms with Gasteiger partial charge in [-0.25, -0.2) is 4.39 Å². The average molecular weight is 514 g/mol. The molecule has 1 N–H and O–H groups in total. The highest BCUT2D eigenvalue weighted by molar-refractivity contribution is 6.30. The Bertz CT molecular complexity index is 1110. The van der Waals surface area contributed by atoms with Crippen LogP contribution in [0.5, 0.6) is 5.75 Å². The van der Waals surface area contributed by atoms with Gasteiger partial charge in [-0.1, -0.05) is 17.7 Å². The first kappa shape index (κ1) is 24.9. The first-order valence-electron chi connectivity index (χ1n) is 12.8. The van der Waals surface area contributed by atoms with Gasteiger partial charge in [-0.05, 0) is 81.3 Å². The molecule has 1 aliphatic heterocycles. The summed E-state index contributed by atoms with van der Waals surface area (Å²) in [6.07, 6.45) is 4.80. The molecule has 0 unspecified atom stereocenters. The number of hydrogen-bond acceptors (Lipinski definition) is 4. The number of amides is 2. The largest absolute Gasteiger partial charge is 0.484 e. The van der Waals surface area contributed by atoms with Crippen LogP contribution in [0.1, 0.15) is 44.1 Å². The molecular formula is C28H33ClFN3O3. The number of fused-ring (bicyclic) bond motifs is 3. The predicted octanol–water partition coefficient (Wildman–Crippen LogP) is 4.72. The van der Waals surface area contributed by atoms with Crippen LogP contribution in [0.4, 0.5) is 10.1 Å². The summed E-state index contributed by atoms with van der Waals surface area (Å²) in [5.74, 6) is 0.0786. The van der Waals surface area contributed by atoms with Crippen molar-refractivity contribution in [1.82, 2.24) is 10.2 Å². The van der Waals surface area contributed by atoms with E-state index in [1.807, 2.05) is 29.2 Å². The fraction of sp³-hybridized carbons (Fsp3) is 0.500. The fourth-order valence-corrected chi connectivity index (χ4v) is 6.12. The average Bonchev–Trinajstić information content (AvgIpc) is 2.90. The minimum atomic E-state index is -0.349. The van der Waals surface area contributed by atoms with E-state index in [4.69, 9.17) is 16.3 Å². The van der Waals surface area contributed by atoms with Crippen molar-refractivity contribution in [3.63, 3.8) is 0 Å². The Labute approximate surface area is 216 Å². The number of rotatable bonds is 6. The van der Waals surface area contributed by atoms with Crippen molar-refractivity contribution < 1.29 is 18.7 Å². The number of piperazine rings is 1. The summed E-state index contributed by atoms with van der Waals surface area (Å²) in [6, 6.07) is 12.5. The van der Waals surface area contributed by atoms with E-state index in [0.29, 0.717) is 11.3 Å². The highest BCUT2D eigenvalue weighted by Crippen LogP contribution is 2.53. The Hall–Kier alpha value is -2.80. The van der Waals surface area contributed by atoms with E-state index in [1.165, 1.54) is 6.07 Å². The molecule has 0 spiro atoms. The Kier molecular flexibility index (Phi) is 6.86. The lowest BCUT2D eigenvalue weighted by Gasteiger charge is -2.54. The van der Waals surface area contributed by atoms with Gasteiger partial charge in [0.05, 0.1) is 0 Å². The van der Waals surface area contributed by atoms with Crippen LogP contribution < -0.4 is 15.0 Å². The smallest absolute Gasteiger partial charge is 0.258 e. The topological polar surface area (TPSA) is 61.9 Å². The van der Waals surface area contributed by atoms with Crippen LogP contribution in [0.15, 0.2) is 42.5 Å². The molecule has 0 atom stereocenters. The summed E-state index contributed by atoms with van der Waals surface area (Å²) in [6.45, 7) is 4.61. The summed E-state index contributed by atoms with van der Waals surface area (Å²) in [7, 11) is 0. The second-order valence-corrected chi connectivity index (χ2v) is 11.0. The molecule has 8 heteroatoms. The third-order valence-corrected chi connectivity index (χ3v) is 8.63. The molecule has 3 saturated carbocycles.